The molecule has 5 rings (SSSR count). The smallest absolute Gasteiger partial charge is 0.439 e. The van der Waals surface area contributed by atoms with E-state index in [9.17, 15) is 19.2 Å². The van der Waals surface area contributed by atoms with E-state index in [1.54, 1.807) is 36.7 Å². The van der Waals surface area contributed by atoms with E-state index in [2.05, 4.69) is 35.6 Å². The maximum atomic E-state index is 13.6. The van der Waals surface area contributed by atoms with E-state index in [-0.39, 0.29) is 29.5 Å². The minimum atomic E-state index is -0.826. The van der Waals surface area contributed by atoms with Crippen LogP contribution in [-0.2, 0) is 20.7 Å². The van der Waals surface area contributed by atoms with Crippen molar-refractivity contribution in [2.75, 3.05) is 11.9 Å². The average Bonchev–Trinajstić information content (AvgIpc) is 3.50. The molecule has 4 N–H and O–H groups in total. The Kier molecular flexibility index (Phi) is 10.5. The van der Waals surface area contributed by atoms with Crippen LogP contribution in [0.5, 0.6) is 0 Å². The lowest BCUT2D eigenvalue weighted by atomic mass is 9.81. The van der Waals surface area contributed by atoms with E-state index < -0.39 is 23.5 Å². The summed E-state index contributed by atoms with van der Waals surface area (Å²) in [6.07, 6.45) is 6.21. The summed E-state index contributed by atoms with van der Waals surface area (Å²) in [5, 5.41) is 12.5. The van der Waals surface area contributed by atoms with Crippen LogP contribution >= 0.6 is 0 Å². The summed E-state index contributed by atoms with van der Waals surface area (Å²) in [4.78, 5) is 57.0. The lowest BCUT2D eigenvalue weighted by Crippen LogP contribution is -2.48. The number of amides is 3. The van der Waals surface area contributed by atoms with Gasteiger partial charge >= 0.3 is 11.8 Å². The number of nitrogens with zero attached hydrogens (tertiary/aromatic N) is 2. The van der Waals surface area contributed by atoms with E-state index >= 15 is 0 Å². The molecule has 0 bridgehead atoms. The van der Waals surface area contributed by atoms with E-state index in [1.165, 1.54) is 0 Å². The number of carbonyl (C=O) groups is 3. The van der Waals surface area contributed by atoms with Crippen LogP contribution in [0.1, 0.15) is 52.0 Å². The molecule has 47 heavy (non-hydrogen) atoms. The molecule has 1 fully saturated rings. The van der Waals surface area contributed by atoms with Crippen LogP contribution in [0.2, 0.25) is 0 Å². The highest BCUT2D eigenvalue weighted by molar-refractivity contribution is 5.97. The quantitative estimate of drug-likeness (QED) is 0.186. The lowest BCUT2D eigenvalue weighted by molar-refractivity contribution is -0.130. The van der Waals surface area contributed by atoms with Gasteiger partial charge in [-0.25, -0.2) is 9.59 Å². The summed E-state index contributed by atoms with van der Waals surface area (Å²) in [6.45, 7) is 5.96. The second-order valence-corrected chi connectivity index (χ2v) is 12.8. The van der Waals surface area contributed by atoms with Crippen LogP contribution in [0.4, 0.5) is 10.5 Å². The molecular formula is C35H40N6O6. The number of pyridine rings is 1. The van der Waals surface area contributed by atoms with Crippen molar-refractivity contribution in [2.24, 2.45) is 11.8 Å². The molecule has 2 aromatic carbocycles. The third-order valence-electron chi connectivity index (χ3n) is 8.06. The van der Waals surface area contributed by atoms with Gasteiger partial charge in [0.1, 0.15) is 11.6 Å². The molecular weight excluding hydrogens is 600 g/mol. The number of hydrogen-bond acceptors (Lipinski definition) is 8. The molecule has 0 radical (unpaired) electrons. The van der Waals surface area contributed by atoms with Crippen molar-refractivity contribution in [3.05, 3.63) is 89.2 Å². The Morgan fingerprint density at radius 2 is 1.55 bits per heavy atom. The number of H-pyrrole nitrogens is 1. The first kappa shape index (κ1) is 33.1. The molecule has 2 aromatic heterocycles. The van der Waals surface area contributed by atoms with Crippen molar-refractivity contribution in [3.63, 3.8) is 0 Å². The molecule has 1 unspecified atom stereocenters. The molecule has 4 aromatic rings. The fraction of sp³-hybridized carbons (Fsp3) is 0.371. The van der Waals surface area contributed by atoms with Gasteiger partial charge in [0.2, 0.25) is 11.8 Å². The Balaban J connectivity index is 1.23. The van der Waals surface area contributed by atoms with Gasteiger partial charge in [-0.15, -0.1) is 0 Å². The summed E-state index contributed by atoms with van der Waals surface area (Å²) in [6, 6.07) is 17.7. The molecule has 0 saturated heterocycles. The number of benzene rings is 2. The van der Waals surface area contributed by atoms with Gasteiger partial charge in [-0.2, -0.15) is 0 Å². The third-order valence-corrected chi connectivity index (χ3v) is 8.06. The molecule has 1 aliphatic rings. The van der Waals surface area contributed by atoms with Crippen molar-refractivity contribution in [2.45, 2.75) is 64.5 Å². The van der Waals surface area contributed by atoms with E-state index in [4.69, 9.17) is 4.74 Å². The molecule has 1 aliphatic carbocycles. The predicted octanol–water partition coefficient (Wildman–Crippen LogP) is 5.09. The Hall–Kier alpha value is -5.26. The lowest BCUT2D eigenvalue weighted by Gasteiger charge is -2.29. The first-order valence-electron chi connectivity index (χ1n) is 15.8. The van der Waals surface area contributed by atoms with Gasteiger partial charge < -0.3 is 20.7 Å². The first-order chi connectivity index (χ1) is 22.5. The minimum Gasteiger partial charge on any atom is -0.444 e. The summed E-state index contributed by atoms with van der Waals surface area (Å²) in [7, 11) is 0. The normalized spacial score (nSPS) is 16.9. The number of hydrogen-bond donors (Lipinski definition) is 4. The monoisotopic (exact) mass is 640 g/mol. The topological polar surface area (TPSA) is 168 Å². The van der Waals surface area contributed by atoms with Crippen LogP contribution in [0.25, 0.3) is 22.5 Å². The van der Waals surface area contributed by atoms with Gasteiger partial charge in [-0.05, 0) is 105 Å². The number of carbonyl (C=O) groups excluding carboxylic acids is 3. The fourth-order valence-electron chi connectivity index (χ4n) is 5.58. The highest BCUT2D eigenvalue weighted by Crippen LogP contribution is 2.29. The largest absolute Gasteiger partial charge is 0.444 e. The van der Waals surface area contributed by atoms with Gasteiger partial charge in [-0.3, -0.25) is 24.1 Å². The summed E-state index contributed by atoms with van der Waals surface area (Å²) in [5.74, 6) is -0.875. The first-order valence-corrected chi connectivity index (χ1v) is 15.8. The molecule has 12 heteroatoms. The molecule has 12 nitrogen and oxygen atoms in total. The summed E-state index contributed by atoms with van der Waals surface area (Å²) in [5.41, 5.74) is 3.52. The Morgan fingerprint density at radius 1 is 0.915 bits per heavy atom. The Labute approximate surface area is 272 Å². The van der Waals surface area contributed by atoms with E-state index in [0.717, 1.165) is 29.5 Å². The number of aromatic nitrogens is 3. The minimum absolute atomic E-state index is 0.164. The molecule has 2 heterocycles. The Morgan fingerprint density at radius 3 is 2.17 bits per heavy atom. The van der Waals surface area contributed by atoms with Crippen molar-refractivity contribution < 1.29 is 23.6 Å². The molecule has 1 saturated carbocycles. The van der Waals surface area contributed by atoms with Crippen LogP contribution < -0.4 is 21.7 Å². The summed E-state index contributed by atoms with van der Waals surface area (Å²) < 4.78 is 9.90. The zero-order chi connectivity index (χ0) is 33.4. The van der Waals surface area contributed by atoms with Crippen LogP contribution in [0.3, 0.4) is 0 Å². The van der Waals surface area contributed by atoms with Gasteiger partial charge in [-0.1, -0.05) is 29.4 Å². The van der Waals surface area contributed by atoms with Crippen LogP contribution in [0.15, 0.2) is 82.4 Å². The van der Waals surface area contributed by atoms with Gasteiger partial charge in [0.25, 0.3) is 0 Å². The molecule has 0 aliphatic heterocycles. The molecule has 3 amide bonds. The number of alkyl carbamates (subject to hydrolysis) is 1. The van der Waals surface area contributed by atoms with E-state index in [0.29, 0.717) is 37.1 Å². The van der Waals surface area contributed by atoms with Gasteiger partial charge in [0, 0.05) is 42.5 Å². The number of ether oxygens (including phenoxy) is 1. The van der Waals surface area contributed by atoms with Gasteiger partial charge in [0.05, 0.1) is 0 Å². The molecule has 246 valence electrons. The van der Waals surface area contributed by atoms with Crippen molar-refractivity contribution in [3.8, 4) is 22.5 Å². The number of nitrogens with one attached hydrogen (secondary N) is 4. The number of anilines is 1. The molecule has 1 atom stereocenters. The highest BCUT2D eigenvalue weighted by atomic mass is 16.6. The van der Waals surface area contributed by atoms with Crippen molar-refractivity contribution in [1.82, 2.24) is 25.8 Å². The second-order valence-electron chi connectivity index (χ2n) is 12.8. The highest BCUT2D eigenvalue weighted by Gasteiger charge is 2.30. The predicted molar refractivity (Wildman–Crippen MR) is 176 cm³/mol. The fourth-order valence-corrected chi connectivity index (χ4v) is 5.58. The van der Waals surface area contributed by atoms with Crippen LogP contribution in [0, 0.1) is 11.8 Å². The average molecular weight is 641 g/mol. The second kappa shape index (κ2) is 14.9. The summed E-state index contributed by atoms with van der Waals surface area (Å²) >= 11 is 0. The SMILES string of the molecule is CC(C)(C)OC(=O)NCC1CCC(C(=O)NC(Cc2ccc(-c3ccncc3)cc2)C(=O)Nc2ccc(-c3noc(=O)[nH]3)cc2)CC1. The van der Waals surface area contributed by atoms with Crippen molar-refractivity contribution >= 4 is 23.6 Å². The van der Waals surface area contributed by atoms with Gasteiger partial charge in [0.15, 0.2) is 5.82 Å². The van der Waals surface area contributed by atoms with E-state index in [1.807, 2.05) is 57.2 Å². The number of rotatable bonds is 10. The van der Waals surface area contributed by atoms with Crippen molar-refractivity contribution in [1.29, 1.82) is 0 Å². The maximum absolute atomic E-state index is 13.6. The Bertz CT molecular complexity index is 1700. The molecule has 0 spiro atoms. The number of aromatic amines is 1. The standard InChI is InChI=1S/C35H40N6O6/c1-35(2,3)46-33(44)37-21-23-6-10-27(11-7-23)31(42)39-29(20-22-4-8-24(9-5-22)25-16-18-36-19-17-25)32(43)38-28-14-12-26(13-15-28)30-40-34(45)47-41-30/h4-5,8-9,12-19,23,27,29H,6-7,10-11,20-21H2,1-3H3,(H,37,44)(H,38,43)(H,39,42)(H,40,41,45). The third kappa shape index (κ3) is 9.62. The van der Waals surface area contributed by atoms with Crippen LogP contribution in [-0.4, -0.2) is 51.2 Å². The zero-order valence-corrected chi connectivity index (χ0v) is 26.7. The zero-order valence-electron chi connectivity index (χ0n) is 26.7. The maximum Gasteiger partial charge on any atom is 0.439 e.